The quantitative estimate of drug-likeness (QED) is 0.642. The zero-order valence-corrected chi connectivity index (χ0v) is 17.2. The summed E-state index contributed by atoms with van der Waals surface area (Å²) in [5.41, 5.74) is 2.08. The molecule has 0 unspecified atom stereocenters. The summed E-state index contributed by atoms with van der Waals surface area (Å²) in [6, 6.07) is 15.6. The van der Waals surface area contributed by atoms with Gasteiger partial charge in [-0.05, 0) is 49.4 Å². The van der Waals surface area contributed by atoms with Crippen LogP contribution in [-0.2, 0) is 6.54 Å². The first-order valence-electron chi connectivity index (χ1n) is 9.85. The van der Waals surface area contributed by atoms with Crippen LogP contribution >= 0.6 is 11.3 Å². The summed E-state index contributed by atoms with van der Waals surface area (Å²) in [4.78, 5) is 3.48. The number of thiophene rings is 1. The smallest absolute Gasteiger partial charge is 0.127 e. The molecule has 0 aliphatic carbocycles. The Morgan fingerprint density at radius 1 is 1.18 bits per heavy atom. The van der Waals surface area contributed by atoms with Crippen molar-refractivity contribution in [2.24, 2.45) is 5.92 Å². The molecule has 28 heavy (non-hydrogen) atoms. The molecule has 2 heterocycles. The minimum Gasteiger partial charge on any atom is -0.395 e. The van der Waals surface area contributed by atoms with Crippen molar-refractivity contribution in [2.75, 3.05) is 20.2 Å². The highest BCUT2D eigenvalue weighted by molar-refractivity contribution is 7.19. The van der Waals surface area contributed by atoms with Gasteiger partial charge in [0.25, 0.3) is 0 Å². The van der Waals surface area contributed by atoms with Gasteiger partial charge in [-0.25, -0.2) is 4.39 Å². The van der Waals surface area contributed by atoms with E-state index in [0.717, 1.165) is 25.1 Å². The number of aryl methyl sites for hydroxylation is 1. The average Bonchev–Trinajstić information content (AvgIpc) is 3.19. The van der Waals surface area contributed by atoms with Crippen LogP contribution in [0.25, 0.3) is 10.1 Å². The summed E-state index contributed by atoms with van der Waals surface area (Å²) in [5, 5.41) is 14.7. The molecule has 3 atom stereocenters. The summed E-state index contributed by atoms with van der Waals surface area (Å²) >= 11 is 1.83. The molecular weight excluding hydrogens is 371 g/mol. The van der Waals surface area contributed by atoms with Gasteiger partial charge in [-0.3, -0.25) is 4.90 Å². The van der Waals surface area contributed by atoms with Crippen LogP contribution in [0.15, 0.2) is 48.5 Å². The van der Waals surface area contributed by atoms with E-state index < -0.39 is 0 Å². The molecule has 0 amide bonds. The Kier molecular flexibility index (Phi) is 5.78. The van der Waals surface area contributed by atoms with Crippen molar-refractivity contribution in [1.82, 2.24) is 10.2 Å². The Morgan fingerprint density at radius 2 is 1.93 bits per heavy atom. The van der Waals surface area contributed by atoms with Gasteiger partial charge >= 0.3 is 0 Å². The molecule has 0 saturated carbocycles. The molecule has 2 aromatic carbocycles. The minimum absolute atomic E-state index is 0.0221. The van der Waals surface area contributed by atoms with Crippen molar-refractivity contribution in [2.45, 2.75) is 32.0 Å². The van der Waals surface area contributed by atoms with Crippen LogP contribution in [0.3, 0.4) is 0 Å². The van der Waals surface area contributed by atoms with Gasteiger partial charge in [0.1, 0.15) is 5.82 Å². The normalized spacial score (nSPS) is 22.9. The zero-order chi connectivity index (χ0) is 19.7. The highest BCUT2D eigenvalue weighted by atomic mass is 32.1. The number of nitrogens with zero attached hydrogens (tertiary/aromatic N) is 1. The number of benzene rings is 2. The van der Waals surface area contributed by atoms with Gasteiger partial charge in [0.05, 0.1) is 6.61 Å². The van der Waals surface area contributed by atoms with Gasteiger partial charge in [-0.2, -0.15) is 0 Å². The number of hydrogen-bond donors (Lipinski definition) is 2. The fourth-order valence-corrected chi connectivity index (χ4v) is 5.70. The molecule has 3 nitrogen and oxygen atoms in total. The van der Waals surface area contributed by atoms with E-state index in [9.17, 15) is 9.50 Å². The highest BCUT2D eigenvalue weighted by Crippen LogP contribution is 2.40. The van der Waals surface area contributed by atoms with E-state index in [0.29, 0.717) is 0 Å². The lowest BCUT2D eigenvalue weighted by molar-refractivity contribution is 0.151. The van der Waals surface area contributed by atoms with E-state index in [-0.39, 0.29) is 30.4 Å². The third-order valence-electron chi connectivity index (χ3n) is 6.08. The fraction of sp³-hybridized carbons (Fsp3) is 0.391. The Hall–Kier alpha value is -1.79. The number of halogens is 1. The van der Waals surface area contributed by atoms with Crippen molar-refractivity contribution in [3.8, 4) is 0 Å². The molecule has 2 N–H and O–H groups in total. The van der Waals surface area contributed by atoms with Gasteiger partial charge in [0.2, 0.25) is 0 Å². The molecule has 1 fully saturated rings. The molecule has 5 heteroatoms. The van der Waals surface area contributed by atoms with Crippen LogP contribution in [-0.4, -0.2) is 36.2 Å². The van der Waals surface area contributed by atoms with Crippen LogP contribution in [0.5, 0.6) is 0 Å². The maximum absolute atomic E-state index is 14.5. The van der Waals surface area contributed by atoms with Crippen molar-refractivity contribution >= 4 is 21.4 Å². The van der Waals surface area contributed by atoms with Gasteiger partial charge in [-0.1, -0.05) is 36.4 Å². The Labute approximate surface area is 169 Å². The molecule has 0 spiro atoms. The average molecular weight is 399 g/mol. The lowest BCUT2D eigenvalue weighted by atomic mass is 9.92. The molecule has 1 aliphatic rings. The molecule has 1 aliphatic heterocycles. The van der Waals surface area contributed by atoms with Crippen LogP contribution in [0.4, 0.5) is 4.39 Å². The van der Waals surface area contributed by atoms with Crippen LogP contribution in [0, 0.1) is 18.7 Å². The number of likely N-dealkylation sites (tertiary alicyclic amines) is 1. The van der Waals surface area contributed by atoms with Gasteiger partial charge in [0, 0.05) is 40.3 Å². The van der Waals surface area contributed by atoms with Gasteiger partial charge in [-0.15, -0.1) is 11.3 Å². The Morgan fingerprint density at radius 3 is 2.71 bits per heavy atom. The van der Waals surface area contributed by atoms with Crippen LogP contribution < -0.4 is 5.32 Å². The number of aliphatic hydroxyl groups is 1. The van der Waals surface area contributed by atoms with Crippen LogP contribution in [0.2, 0.25) is 0 Å². The topological polar surface area (TPSA) is 35.5 Å². The second-order valence-electron chi connectivity index (χ2n) is 7.73. The predicted octanol–water partition coefficient (Wildman–Crippen LogP) is 4.49. The van der Waals surface area contributed by atoms with E-state index >= 15 is 0 Å². The van der Waals surface area contributed by atoms with E-state index in [4.69, 9.17) is 0 Å². The first-order valence-corrected chi connectivity index (χ1v) is 10.7. The SMILES string of the molecule is Cc1sc2ccccc2c1CNC[C@@H]1C[C@H](CO)N(C)[C@@H]1c1ccccc1F. The summed E-state index contributed by atoms with van der Waals surface area (Å²) in [6.45, 7) is 3.88. The highest BCUT2D eigenvalue weighted by Gasteiger charge is 2.40. The summed E-state index contributed by atoms with van der Waals surface area (Å²) in [5.74, 6) is 0.0897. The molecule has 4 rings (SSSR count). The second-order valence-corrected chi connectivity index (χ2v) is 8.98. The number of nitrogens with one attached hydrogen (secondary N) is 1. The van der Waals surface area contributed by atoms with Gasteiger partial charge < -0.3 is 10.4 Å². The summed E-state index contributed by atoms with van der Waals surface area (Å²) in [7, 11) is 1.99. The summed E-state index contributed by atoms with van der Waals surface area (Å²) < 4.78 is 15.8. The van der Waals surface area contributed by atoms with E-state index in [2.05, 4.69) is 41.4 Å². The third-order valence-corrected chi connectivity index (χ3v) is 7.21. The molecule has 148 valence electrons. The molecule has 0 bridgehead atoms. The van der Waals surface area contributed by atoms with Crippen molar-refractivity contribution in [1.29, 1.82) is 0 Å². The first kappa shape index (κ1) is 19.5. The number of hydrogen-bond acceptors (Lipinski definition) is 4. The predicted molar refractivity (Wildman–Crippen MR) is 114 cm³/mol. The molecular formula is C23H27FN2OS. The zero-order valence-electron chi connectivity index (χ0n) is 16.4. The number of fused-ring (bicyclic) bond motifs is 1. The van der Waals surface area contributed by atoms with Crippen molar-refractivity contribution < 1.29 is 9.50 Å². The molecule has 1 saturated heterocycles. The summed E-state index contributed by atoms with van der Waals surface area (Å²) in [6.07, 6.45) is 0.863. The maximum Gasteiger partial charge on any atom is 0.127 e. The standard InChI is InChI=1S/C23H27FN2OS/c1-15-20(18-7-4-6-10-22(18)28-15)13-25-12-16-11-17(14-27)26(2)23(16)19-8-3-5-9-21(19)24/h3-10,16-17,23,25,27H,11-14H2,1-2H3/t16-,17+,23-/m0/s1. The molecule has 0 radical (unpaired) electrons. The van der Waals surface area contributed by atoms with E-state index in [1.165, 1.54) is 26.6 Å². The molecule has 3 aromatic rings. The third kappa shape index (κ3) is 3.60. The minimum atomic E-state index is -0.164. The maximum atomic E-state index is 14.5. The van der Waals surface area contributed by atoms with Crippen molar-refractivity contribution in [3.63, 3.8) is 0 Å². The monoisotopic (exact) mass is 398 g/mol. The Bertz CT molecular complexity index is 957. The number of aliphatic hydroxyl groups excluding tert-OH is 1. The lowest BCUT2D eigenvalue weighted by Gasteiger charge is -2.28. The van der Waals surface area contributed by atoms with Crippen LogP contribution in [0.1, 0.15) is 28.5 Å². The van der Waals surface area contributed by atoms with Gasteiger partial charge in [0.15, 0.2) is 0 Å². The Balaban J connectivity index is 1.51. The lowest BCUT2D eigenvalue weighted by Crippen LogP contribution is -2.32. The first-order chi connectivity index (χ1) is 13.6. The second kappa shape index (κ2) is 8.29. The molecule has 1 aromatic heterocycles. The fourth-order valence-electron chi connectivity index (χ4n) is 4.61. The number of likely N-dealkylation sites (N-methyl/N-ethyl adjacent to an activating group) is 1. The van der Waals surface area contributed by atoms with Crippen molar-refractivity contribution in [3.05, 3.63) is 70.4 Å². The number of rotatable bonds is 6. The van der Waals surface area contributed by atoms with E-state index in [1.807, 2.05) is 30.5 Å². The largest absolute Gasteiger partial charge is 0.395 e. The van der Waals surface area contributed by atoms with E-state index in [1.54, 1.807) is 6.07 Å².